The van der Waals surface area contributed by atoms with E-state index < -0.39 is 0 Å². The fourth-order valence-corrected chi connectivity index (χ4v) is 5.98. The summed E-state index contributed by atoms with van der Waals surface area (Å²) in [5.41, 5.74) is 5.91. The van der Waals surface area contributed by atoms with E-state index in [1.807, 2.05) is 26.0 Å². The number of aromatic nitrogens is 2. The number of aromatic hydroxyl groups is 1. The Bertz CT molecular complexity index is 1040. The van der Waals surface area contributed by atoms with Gasteiger partial charge in [0.15, 0.2) is 0 Å². The number of phenolic OH excluding ortho intramolecular Hbond substituents is 1. The molecule has 1 saturated carbocycles. The van der Waals surface area contributed by atoms with Gasteiger partial charge in [-0.1, -0.05) is 19.0 Å². The zero-order chi connectivity index (χ0) is 18.4. The summed E-state index contributed by atoms with van der Waals surface area (Å²) in [6.07, 6.45) is 1.13. The van der Waals surface area contributed by atoms with Gasteiger partial charge in [0.1, 0.15) is 5.75 Å². The second-order valence-corrected chi connectivity index (χ2v) is 9.60. The predicted octanol–water partition coefficient (Wildman–Crippen LogP) is 5.39. The second-order valence-electron chi connectivity index (χ2n) is 8.37. The minimum absolute atomic E-state index is 0.321. The Kier molecular flexibility index (Phi) is 3.07. The fourth-order valence-electron chi connectivity index (χ4n) is 4.82. The number of phenols is 1. The standard InChI is InChI=1S/C21H22N2O2S/c1-9-6-12(7-10(2)17(9)24)20-22-19(23-25-20)18-13-8-14-16(21(14,4)5)15(13)11(3)26-18/h6-7,14,16,24H,8H2,1-5H3/t14-,16-/m1/s1. The van der Waals surface area contributed by atoms with Crippen LogP contribution in [0.4, 0.5) is 0 Å². The summed E-state index contributed by atoms with van der Waals surface area (Å²) < 4.78 is 5.57. The molecule has 3 aromatic rings. The molecule has 0 amide bonds. The van der Waals surface area contributed by atoms with Gasteiger partial charge in [-0.2, -0.15) is 4.98 Å². The summed E-state index contributed by atoms with van der Waals surface area (Å²) in [6.45, 7) is 10.7. The van der Waals surface area contributed by atoms with Crippen LogP contribution in [0, 0.1) is 32.1 Å². The van der Waals surface area contributed by atoms with Crippen LogP contribution in [0.25, 0.3) is 22.2 Å². The van der Waals surface area contributed by atoms with Crippen molar-refractivity contribution in [3.63, 3.8) is 0 Å². The molecule has 2 aromatic heterocycles. The summed E-state index contributed by atoms with van der Waals surface area (Å²) in [7, 11) is 0. The number of fused-ring (bicyclic) bond motifs is 3. The molecule has 0 spiro atoms. The molecule has 2 heterocycles. The molecule has 0 radical (unpaired) electrons. The third-order valence-electron chi connectivity index (χ3n) is 6.39. The van der Waals surface area contributed by atoms with Crippen LogP contribution in [-0.2, 0) is 6.42 Å². The topological polar surface area (TPSA) is 59.2 Å². The summed E-state index contributed by atoms with van der Waals surface area (Å²) in [6, 6.07) is 3.78. The fraction of sp³-hybridized carbons (Fsp3) is 0.429. The number of nitrogens with zero attached hydrogens (tertiary/aromatic N) is 2. The van der Waals surface area contributed by atoms with Crippen molar-refractivity contribution in [3.8, 4) is 27.9 Å². The van der Waals surface area contributed by atoms with Gasteiger partial charge >= 0.3 is 0 Å². The highest BCUT2D eigenvalue weighted by atomic mass is 32.1. The van der Waals surface area contributed by atoms with Crippen molar-refractivity contribution < 1.29 is 9.63 Å². The highest BCUT2D eigenvalue weighted by molar-refractivity contribution is 7.15. The van der Waals surface area contributed by atoms with Gasteiger partial charge in [0.05, 0.1) is 4.88 Å². The molecule has 0 saturated heterocycles. The first kappa shape index (κ1) is 16.1. The van der Waals surface area contributed by atoms with E-state index in [0.29, 0.717) is 28.8 Å². The number of benzene rings is 1. The van der Waals surface area contributed by atoms with Crippen molar-refractivity contribution in [2.75, 3.05) is 0 Å². The van der Waals surface area contributed by atoms with Gasteiger partial charge in [-0.25, -0.2) is 0 Å². The van der Waals surface area contributed by atoms with Crippen molar-refractivity contribution in [1.29, 1.82) is 0 Å². The Labute approximate surface area is 156 Å². The Morgan fingerprint density at radius 2 is 1.88 bits per heavy atom. The summed E-state index contributed by atoms with van der Waals surface area (Å²) in [5, 5.41) is 14.2. The molecule has 1 aromatic carbocycles. The average Bonchev–Trinajstić information content (AvgIpc) is 3.09. The quantitative estimate of drug-likeness (QED) is 0.660. The zero-order valence-corrected chi connectivity index (χ0v) is 16.5. The molecular weight excluding hydrogens is 344 g/mol. The summed E-state index contributed by atoms with van der Waals surface area (Å²) in [4.78, 5) is 7.25. The zero-order valence-electron chi connectivity index (χ0n) is 15.7. The Morgan fingerprint density at radius 1 is 1.19 bits per heavy atom. The smallest absolute Gasteiger partial charge is 0.258 e. The molecule has 134 valence electrons. The second kappa shape index (κ2) is 4.97. The molecule has 0 unspecified atom stereocenters. The van der Waals surface area contributed by atoms with Gasteiger partial charge in [0.2, 0.25) is 5.82 Å². The number of aryl methyl sites for hydroxylation is 3. The van der Waals surface area contributed by atoms with Crippen molar-refractivity contribution >= 4 is 11.3 Å². The lowest BCUT2D eigenvalue weighted by Crippen LogP contribution is -1.99. The minimum Gasteiger partial charge on any atom is -0.507 e. The molecule has 5 rings (SSSR count). The SMILES string of the molecule is Cc1cc(-c2nc(-c3sc(C)c4c3C[C@@H]3[C@H]4C3(C)C)no2)cc(C)c1O. The van der Waals surface area contributed by atoms with E-state index >= 15 is 0 Å². The lowest BCUT2D eigenvalue weighted by atomic mass is 9.95. The normalized spacial score (nSPS) is 22.3. The first-order chi connectivity index (χ1) is 12.3. The van der Waals surface area contributed by atoms with Gasteiger partial charge in [-0.05, 0) is 78.8 Å². The maximum absolute atomic E-state index is 9.98. The van der Waals surface area contributed by atoms with Gasteiger partial charge in [0, 0.05) is 10.4 Å². The van der Waals surface area contributed by atoms with Crippen LogP contribution in [0.2, 0.25) is 0 Å². The number of rotatable bonds is 2. The highest BCUT2D eigenvalue weighted by Crippen LogP contribution is 2.72. The molecule has 1 N–H and O–H groups in total. The van der Waals surface area contributed by atoms with E-state index in [2.05, 4.69) is 30.9 Å². The monoisotopic (exact) mass is 366 g/mol. The molecule has 2 atom stereocenters. The van der Waals surface area contributed by atoms with Crippen molar-refractivity contribution in [2.24, 2.45) is 11.3 Å². The van der Waals surface area contributed by atoms with Crippen LogP contribution in [0.3, 0.4) is 0 Å². The van der Waals surface area contributed by atoms with E-state index in [4.69, 9.17) is 4.52 Å². The van der Waals surface area contributed by atoms with Crippen molar-refractivity contribution in [3.05, 3.63) is 39.3 Å². The molecular formula is C21H22N2O2S. The van der Waals surface area contributed by atoms with Crippen LogP contribution < -0.4 is 0 Å². The van der Waals surface area contributed by atoms with E-state index in [1.54, 1.807) is 16.9 Å². The van der Waals surface area contributed by atoms with Crippen LogP contribution in [0.5, 0.6) is 5.75 Å². The van der Waals surface area contributed by atoms with Crippen molar-refractivity contribution in [1.82, 2.24) is 10.1 Å². The van der Waals surface area contributed by atoms with E-state index in [-0.39, 0.29) is 0 Å². The van der Waals surface area contributed by atoms with Crippen LogP contribution in [-0.4, -0.2) is 15.2 Å². The van der Waals surface area contributed by atoms with Gasteiger partial charge < -0.3 is 9.63 Å². The molecule has 26 heavy (non-hydrogen) atoms. The Morgan fingerprint density at radius 3 is 2.58 bits per heavy atom. The predicted molar refractivity (Wildman–Crippen MR) is 103 cm³/mol. The lowest BCUT2D eigenvalue weighted by molar-refractivity contribution is 0.432. The third kappa shape index (κ3) is 2.01. The van der Waals surface area contributed by atoms with E-state index in [0.717, 1.165) is 29.0 Å². The highest BCUT2D eigenvalue weighted by Gasteiger charge is 2.63. The lowest BCUT2D eigenvalue weighted by Gasteiger charge is -2.09. The van der Waals surface area contributed by atoms with Crippen LogP contribution >= 0.6 is 11.3 Å². The molecule has 2 aliphatic carbocycles. The molecule has 5 heteroatoms. The van der Waals surface area contributed by atoms with Gasteiger partial charge in [-0.15, -0.1) is 11.3 Å². The molecule has 0 bridgehead atoms. The third-order valence-corrected chi connectivity index (χ3v) is 7.55. The molecule has 0 aliphatic heterocycles. The summed E-state index contributed by atoms with van der Waals surface area (Å²) in [5.74, 6) is 3.00. The number of hydrogen-bond acceptors (Lipinski definition) is 5. The largest absolute Gasteiger partial charge is 0.507 e. The van der Waals surface area contributed by atoms with E-state index in [1.165, 1.54) is 15.3 Å². The first-order valence-corrected chi connectivity index (χ1v) is 9.87. The number of thiophene rings is 1. The van der Waals surface area contributed by atoms with Crippen LogP contribution in [0.15, 0.2) is 16.7 Å². The van der Waals surface area contributed by atoms with Crippen LogP contribution in [0.1, 0.15) is 46.9 Å². The maximum atomic E-state index is 9.98. The molecule has 4 nitrogen and oxygen atoms in total. The Hall–Kier alpha value is -2.14. The first-order valence-electron chi connectivity index (χ1n) is 9.06. The van der Waals surface area contributed by atoms with Crippen molar-refractivity contribution in [2.45, 2.75) is 47.0 Å². The van der Waals surface area contributed by atoms with E-state index in [9.17, 15) is 5.11 Å². The summed E-state index contributed by atoms with van der Waals surface area (Å²) >= 11 is 1.79. The minimum atomic E-state index is 0.321. The average molecular weight is 366 g/mol. The Balaban J connectivity index is 1.55. The van der Waals surface area contributed by atoms with Gasteiger partial charge in [0.25, 0.3) is 5.89 Å². The maximum Gasteiger partial charge on any atom is 0.258 e. The number of hydrogen-bond donors (Lipinski definition) is 1. The molecule has 1 fully saturated rings. The van der Waals surface area contributed by atoms with Gasteiger partial charge in [-0.3, -0.25) is 0 Å². The molecule has 2 aliphatic rings.